The van der Waals surface area contributed by atoms with Crippen LogP contribution in [0.3, 0.4) is 0 Å². The van der Waals surface area contributed by atoms with Crippen LogP contribution in [0, 0.1) is 6.92 Å². The topological polar surface area (TPSA) is 81.4 Å². The molecule has 3 aromatic carbocycles. The number of carbonyl (C=O) groups excluding carboxylic acids is 2. The van der Waals surface area contributed by atoms with Crippen LogP contribution in [0.2, 0.25) is 0 Å². The van der Waals surface area contributed by atoms with Gasteiger partial charge in [-0.15, -0.1) is 0 Å². The van der Waals surface area contributed by atoms with Crippen molar-refractivity contribution in [1.82, 2.24) is 0 Å². The van der Waals surface area contributed by atoms with E-state index >= 15 is 0 Å². The average Bonchev–Trinajstić information content (AvgIpc) is 2.69. The quantitative estimate of drug-likeness (QED) is 0.516. The van der Waals surface area contributed by atoms with Gasteiger partial charge in [0.2, 0.25) is 0 Å². The Labute approximate surface area is 163 Å². The van der Waals surface area contributed by atoms with Crippen LogP contribution in [0.25, 0.3) is 0 Å². The maximum atomic E-state index is 13.2. The highest BCUT2D eigenvalue weighted by molar-refractivity contribution is 6.31. The van der Waals surface area contributed by atoms with Crippen LogP contribution in [0.15, 0.2) is 54.6 Å². The summed E-state index contributed by atoms with van der Waals surface area (Å²) in [6, 6.07) is 16.0. The zero-order valence-electron chi connectivity index (χ0n) is 15.7. The van der Waals surface area contributed by atoms with Crippen LogP contribution in [0.4, 0.5) is 17.1 Å². The van der Waals surface area contributed by atoms with Gasteiger partial charge in [-0.1, -0.05) is 30.3 Å². The molecule has 0 aliphatic heterocycles. The molecule has 3 N–H and O–H groups in total. The van der Waals surface area contributed by atoms with E-state index in [9.17, 15) is 9.59 Å². The Hall–Kier alpha value is -3.60. The van der Waals surface area contributed by atoms with Gasteiger partial charge in [0.15, 0.2) is 11.6 Å². The molecule has 0 saturated heterocycles. The predicted octanol–water partition coefficient (Wildman–Crippen LogP) is 4.49. The van der Waals surface area contributed by atoms with Gasteiger partial charge < -0.3 is 15.8 Å². The van der Waals surface area contributed by atoms with Gasteiger partial charge in [0, 0.05) is 16.8 Å². The highest BCUT2D eigenvalue weighted by Crippen LogP contribution is 2.38. The molecule has 1 aliphatic rings. The van der Waals surface area contributed by atoms with Gasteiger partial charge in [0.25, 0.3) is 0 Å². The highest BCUT2D eigenvalue weighted by atomic mass is 16.5. The number of ether oxygens (including phenoxy) is 1. The van der Waals surface area contributed by atoms with Crippen molar-refractivity contribution in [3.63, 3.8) is 0 Å². The van der Waals surface area contributed by atoms with Gasteiger partial charge in [0.05, 0.1) is 29.1 Å². The molecule has 5 nitrogen and oxygen atoms in total. The van der Waals surface area contributed by atoms with E-state index in [0.29, 0.717) is 40.4 Å². The SMILES string of the molecule is CCOc1ccc(C)cc1Nc1ccc(N)c2c1C(=O)c1ccccc1C2=O. The van der Waals surface area contributed by atoms with Gasteiger partial charge >= 0.3 is 0 Å². The van der Waals surface area contributed by atoms with Crippen molar-refractivity contribution in [1.29, 1.82) is 0 Å². The molecule has 0 radical (unpaired) electrons. The number of nitrogens with one attached hydrogen (secondary N) is 1. The fourth-order valence-electron chi connectivity index (χ4n) is 3.52. The number of hydrogen-bond acceptors (Lipinski definition) is 5. The summed E-state index contributed by atoms with van der Waals surface area (Å²) < 4.78 is 5.70. The molecule has 0 unspecified atom stereocenters. The van der Waals surface area contributed by atoms with E-state index in [2.05, 4.69) is 5.32 Å². The summed E-state index contributed by atoms with van der Waals surface area (Å²) in [4.78, 5) is 26.2. The number of nitrogens with two attached hydrogens (primary N) is 1. The van der Waals surface area contributed by atoms with Gasteiger partial charge in [-0.05, 0) is 43.7 Å². The molecule has 0 fully saturated rings. The third-order valence-corrected chi connectivity index (χ3v) is 4.81. The van der Waals surface area contributed by atoms with Crippen molar-refractivity contribution in [2.75, 3.05) is 17.7 Å². The second-order valence-corrected chi connectivity index (χ2v) is 6.71. The van der Waals surface area contributed by atoms with Crippen molar-refractivity contribution in [3.8, 4) is 5.75 Å². The van der Waals surface area contributed by atoms with Gasteiger partial charge in [-0.25, -0.2) is 0 Å². The minimum atomic E-state index is -0.236. The van der Waals surface area contributed by atoms with E-state index in [1.54, 1.807) is 36.4 Å². The molecule has 0 aromatic heterocycles. The van der Waals surface area contributed by atoms with Crippen LogP contribution < -0.4 is 15.8 Å². The predicted molar refractivity (Wildman–Crippen MR) is 110 cm³/mol. The number of nitrogen functional groups attached to an aromatic ring is 1. The van der Waals surface area contributed by atoms with Crippen molar-refractivity contribution < 1.29 is 14.3 Å². The number of ketones is 2. The van der Waals surface area contributed by atoms with Crippen molar-refractivity contribution in [2.24, 2.45) is 0 Å². The number of anilines is 3. The molecule has 0 bridgehead atoms. The number of carbonyl (C=O) groups is 2. The Bertz CT molecular complexity index is 1120. The lowest BCUT2D eigenvalue weighted by atomic mass is 9.82. The van der Waals surface area contributed by atoms with E-state index in [1.165, 1.54) is 0 Å². The average molecular weight is 372 g/mol. The second-order valence-electron chi connectivity index (χ2n) is 6.71. The summed E-state index contributed by atoms with van der Waals surface area (Å²) >= 11 is 0. The molecule has 4 rings (SSSR count). The monoisotopic (exact) mass is 372 g/mol. The maximum Gasteiger partial charge on any atom is 0.196 e. The molecular formula is C23H20N2O3. The Kier molecular flexibility index (Phi) is 4.35. The van der Waals surface area contributed by atoms with E-state index < -0.39 is 0 Å². The van der Waals surface area contributed by atoms with Gasteiger partial charge in [0.1, 0.15) is 5.75 Å². The molecule has 3 aromatic rings. The molecular weight excluding hydrogens is 352 g/mol. The van der Waals surface area contributed by atoms with E-state index in [-0.39, 0.29) is 17.1 Å². The first-order chi connectivity index (χ1) is 13.5. The van der Waals surface area contributed by atoms with Crippen LogP contribution >= 0.6 is 0 Å². The van der Waals surface area contributed by atoms with E-state index in [4.69, 9.17) is 10.5 Å². The van der Waals surface area contributed by atoms with E-state index in [1.807, 2.05) is 32.0 Å². The fraction of sp³-hybridized carbons (Fsp3) is 0.130. The summed E-state index contributed by atoms with van der Waals surface area (Å²) in [5.74, 6) is 0.222. The van der Waals surface area contributed by atoms with Gasteiger partial charge in [-0.2, -0.15) is 0 Å². The first kappa shape index (κ1) is 17.8. The van der Waals surface area contributed by atoms with Crippen LogP contribution in [0.5, 0.6) is 5.75 Å². The second kappa shape index (κ2) is 6.85. The summed E-state index contributed by atoms with van der Waals surface area (Å²) in [6.45, 7) is 4.40. The fourth-order valence-corrected chi connectivity index (χ4v) is 3.52. The maximum absolute atomic E-state index is 13.2. The van der Waals surface area contributed by atoms with Crippen LogP contribution in [-0.2, 0) is 0 Å². The third-order valence-electron chi connectivity index (χ3n) is 4.81. The summed E-state index contributed by atoms with van der Waals surface area (Å²) in [5.41, 5.74) is 10.0. The smallest absolute Gasteiger partial charge is 0.196 e. The van der Waals surface area contributed by atoms with Crippen molar-refractivity contribution in [2.45, 2.75) is 13.8 Å². The molecule has 140 valence electrons. The molecule has 0 spiro atoms. The van der Waals surface area contributed by atoms with E-state index in [0.717, 1.165) is 11.3 Å². The lowest BCUT2D eigenvalue weighted by molar-refractivity contribution is 0.0980. The lowest BCUT2D eigenvalue weighted by Crippen LogP contribution is -2.23. The minimum absolute atomic E-state index is 0.217. The van der Waals surface area contributed by atoms with Crippen LogP contribution in [0.1, 0.15) is 44.3 Å². The number of aryl methyl sites for hydroxylation is 1. The zero-order valence-corrected chi connectivity index (χ0v) is 15.7. The summed E-state index contributed by atoms with van der Waals surface area (Å²) in [6.07, 6.45) is 0. The zero-order chi connectivity index (χ0) is 19.8. The molecule has 0 heterocycles. The molecule has 0 saturated carbocycles. The van der Waals surface area contributed by atoms with Crippen molar-refractivity contribution >= 4 is 28.6 Å². The summed E-state index contributed by atoms with van der Waals surface area (Å²) in [7, 11) is 0. The normalized spacial score (nSPS) is 12.4. The first-order valence-electron chi connectivity index (χ1n) is 9.12. The molecule has 28 heavy (non-hydrogen) atoms. The molecule has 0 atom stereocenters. The summed E-state index contributed by atoms with van der Waals surface area (Å²) in [5, 5.41) is 3.28. The highest BCUT2D eigenvalue weighted by Gasteiger charge is 2.33. The number of hydrogen-bond donors (Lipinski definition) is 2. The largest absolute Gasteiger partial charge is 0.492 e. The minimum Gasteiger partial charge on any atom is -0.492 e. The Balaban J connectivity index is 1.87. The number of fused-ring (bicyclic) bond motifs is 2. The van der Waals surface area contributed by atoms with Crippen molar-refractivity contribution in [3.05, 3.63) is 82.4 Å². The molecule has 1 aliphatic carbocycles. The third kappa shape index (κ3) is 2.81. The number of benzene rings is 3. The Morgan fingerprint density at radius 3 is 2.25 bits per heavy atom. The number of rotatable bonds is 4. The Morgan fingerprint density at radius 1 is 0.893 bits per heavy atom. The molecule has 0 amide bonds. The standard InChI is InChI=1S/C23H20N2O3/c1-3-28-19-11-8-13(2)12-18(19)25-17-10-9-16(24)20-21(17)23(27)15-7-5-4-6-14(15)22(20)26/h4-12,25H,3,24H2,1-2H3. The Morgan fingerprint density at radius 2 is 1.57 bits per heavy atom. The first-order valence-corrected chi connectivity index (χ1v) is 9.12. The van der Waals surface area contributed by atoms with Crippen LogP contribution in [-0.4, -0.2) is 18.2 Å². The van der Waals surface area contributed by atoms with Gasteiger partial charge in [-0.3, -0.25) is 9.59 Å². The lowest BCUT2D eigenvalue weighted by Gasteiger charge is -2.23. The molecule has 5 heteroatoms.